The Morgan fingerprint density at radius 2 is 1.79 bits per heavy atom. The van der Waals surface area contributed by atoms with Crippen molar-refractivity contribution in [3.8, 4) is 11.5 Å². The van der Waals surface area contributed by atoms with E-state index in [-0.39, 0.29) is 5.91 Å². The highest BCUT2D eigenvalue weighted by atomic mass is 32.1. The van der Waals surface area contributed by atoms with Crippen LogP contribution in [0.1, 0.15) is 34.9 Å². The largest absolute Gasteiger partial charge is 0.493 e. The second-order valence-corrected chi connectivity index (χ2v) is 7.53. The van der Waals surface area contributed by atoms with Gasteiger partial charge in [-0.05, 0) is 45.4 Å². The minimum Gasteiger partial charge on any atom is -0.493 e. The average Bonchev–Trinajstić information content (AvgIpc) is 3.05. The van der Waals surface area contributed by atoms with Crippen LogP contribution in [0.3, 0.4) is 0 Å². The minimum atomic E-state index is -0.180. The molecule has 1 aromatic carbocycles. The zero-order chi connectivity index (χ0) is 21.1. The lowest BCUT2D eigenvalue weighted by Gasteiger charge is -2.21. The summed E-state index contributed by atoms with van der Waals surface area (Å²) in [5, 5.41) is 3.90. The number of thiophene rings is 1. The first-order chi connectivity index (χ1) is 13.9. The quantitative estimate of drug-likeness (QED) is 0.617. The van der Waals surface area contributed by atoms with Crippen LogP contribution in [0, 0.1) is 13.8 Å². The Hall–Kier alpha value is -2.87. The highest BCUT2D eigenvalue weighted by Gasteiger charge is 2.22. The van der Waals surface area contributed by atoms with Gasteiger partial charge in [-0.25, -0.2) is 9.97 Å². The summed E-state index contributed by atoms with van der Waals surface area (Å²) in [5.41, 5.74) is 1.53. The van der Waals surface area contributed by atoms with E-state index in [2.05, 4.69) is 34.0 Å². The van der Waals surface area contributed by atoms with Crippen molar-refractivity contribution in [2.75, 3.05) is 37.5 Å². The fourth-order valence-corrected chi connectivity index (χ4v) is 4.41. The van der Waals surface area contributed by atoms with Gasteiger partial charge in [0.05, 0.1) is 24.5 Å². The molecule has 0 saturated heterocycles. The third kappa shape index (κ3) is 3.98. The van der Waals surface area contributed by atoms with E-state index in [1.165, 1.54) is 11.3 Å². The summed E-state index contributed by atoms with van der Waals surface area (Å²) in [6, 6.07) is 5.29. The third-order valence-electron chi connectivity index (χ3n) is 4.79. The number of hydrogen-bond acceptors (Lipinski definition) is 7. The number of methoxy groups -OCH3 is 2. The number of hydrogen-bond donors (Lipinski definition) is 1. The molecule has 0 bridgehead atoms. The van der Waals surface area contributed by atoms with Crippen LogP contribution >= 0.6 is 11.3 Å². The van der Waals surface area contributed by atoms with E-state index in [0.29, 0.717) is 27.9 Å². The van der Waals surface area contributed by atoms with Crippen LogP contribution in [-0.2, 0) is 0 Å². The van der Waals surface area contributed by atoms with Crippen LogP contribution in [0.15, 0.2) is 18.2 Å². The summed E-state index contributed by atoms with van der Waals surface area (Å²) in [7, 11) is 3.14. The summed E-state index contributed by atoms with van der Waals surface area (Å²) in [6.07, 6.45) is 0. The van der Waals surface area contributed by atoms with Crippen molar-refractivity contribution < 1.29 is 14.3 Å². The monoisotopic (exact) mass is 414 g/mol. The Kier molecular flexibility index (Phi) is 6.22. The van der Waals surface area contributed by atoms with Crippen LogP contribution in [0.5, 0.6) is 11.5 Å². The van der Waals surface area contributed by atoms with Crippen molar-refractivity contribution in [2.24, 2.45) is 0 Å². The predicted molar refractivity (Wildman–Crippen MR) is 118 cm³/mol. The van der Waals surface area contributed by atoms with E-state index in [4.69, 9.17) is 9.47 Å². The maximum Gasteiger partial charge on any atom is 0.266 e. The Labute approximate surface area is 174 Å². The molecule has 8 heteroatoms. The molecule has 0 saturated carbocycles. The number of nitrogens with zero attached hydrogens (tertiary/aromatic N) is 3. The van der Waals surface area contributed by atoms with Crippen molar-refractivity contribution in [1.29, 1.82) is 0 Å². The molecule has 0 radical (unpaired) electrons. The molecule has 154 valence electrons. The molecule has 1 N–H and O–H groups in total. The first-order valence-corrected chi connectivity index (χ1v) is 10.3. The van der Waals surface area contributed by atoms with Gasteiger partial charge in [-0.2, -0.15) is 0 Å². The highest BCUT2D eigenvalue weighted by molar-refractivity contribution is 7.20. The van der Waals surface area contributed by atoms with Gasteiger partial charge in [-0.1, -0.05) is 0 Å². The Bertz CT molecular complexity index is 1040. The van der Waals surface area contributed by atoms with Gasteiger partial charge in [0.2, 0.25) is 0 Å². The van der Waals surface area contributed by atoms with Gasteiger partial charge in [0.25, 0.3) is 5.91 Å². The number of fused-ring (bicyclic) bond motifs is 1. The molecule has 7 nitrogen and oxygen atoms in total. The minimum absolute atomic E-state index is 0.180. The molecular weight excluding hydrogens is 388 g/mol. The van der Waals surface area contributed by atoms with E-state index in [1.807, 2.05) is 13.8 Å². The first-order valence-electron chi connectivity index (χ1n) is 9.49. The van der Waals surface area contributed by atoms with E-state index in [0.717, 1.165) is 34.7 Å². The van der Waals surface area contributed by atoms with Gasteiger partial charge in [0.15, 0.2) is 11.5 Å². The highest BCUT2D eigenvalue weighted by Crippen LogP contribution is 2.36. The summed E-state index contributed by atoms with van der Waals surface area (Å²) in [6.45, 7) is 9.70. The van der Waals surface area contributed by atoms with Gasteiger partial charge in [0, 0.05) is 24.8 Å². The number of rotatable bonds is 7. The second-order valence-electron chi connectivity index (χ2n) is 6.53. The zero-order valence-corrected chi connectivity index (χ0v) is 18.4. The topological polar surface area (TPSA) is 76.6 Å². The van der Waals surface area contributed by atoms with Crippen LogP contribution in [-0.4, -0.2) is 43.2 Å². The number of amides is 1. The number of carbonyl (C=O) groups excluding carboxylic acids is 1. The lowest BCUT2D eigenvalue weighted by molar-refractivity contribution is 0.103. The average molecular weight is 415 g/mol. The van der Waals surface area contributed by atoms with Crippen molar-refractivity contribution in [3.63, 3.8) is 0 Å². The molecule has 29 heavy (non-hydrogen) atoms. The van der Waals surface area contributed by atoms with Crippen molar-refractivity contribution in [1.82, 2.24) is 9.97 Å². The standard InChI is InChI=1S/C21H26N4O3S/c1-7-25(8-2)19-17-12(3)18(29-21(17)23-13(4)22-19)20(26)24-14-9-10-15(27-5)16(11-14)28-6/h9-11H,7-8H2,1-6H3,(H,24,26). The summed E-state index contributed by atoms with van der Waals surface area (Å²) in [4.78, 5) is 25.9. The van der Waals surface area contributed by atoms with Crippen LogP contribution in [0.4, 0.5) is 11.5 Å². The molecule has 2 aromatic heterocycles. The molecule has 0 spiro atoms. The number of anilines is 2. The molecule has 3 aromatic rings. The maximum absolute atomic E-state index is 13.0. The van der Waals surface area contributed by atoms with Crippen LogP contribution < -0.4 is 19.7 Å². The number of aromatic nitrogens is 2. The molecule has 0 aliphatic rings. The normalized spacial score (nSPS) is 10.8. The SMILES string of the molecule is CCN(CC)c1nc(C)nc2sc(C(=O)Nc3ccc(OC)c(OC)c3)c(C)c12. The molecule has 2 heterocycles. The molecule has 0 unspecified atom stereocenters. The summed E-state index contributed by atoms with van der Waals surface area (Å²) in [5.74, 6) is 2.58. The zero-order valence-electron chi connectivity index (χ0n) is 17.6. The smallest absolute Gasteiger partial charge is 0.266 e. The third-order valence-corrected chi connectivity index (χ3v) is 5.98. The van der Waals surface area contributed by atoms with E-state index in [9.17, 15) is 4.79 Å². The summed E-state index contributed by atoms with van der Waals surface area (Å²) < 4.78 is 10.6. The van der Waals surface area contributed by atoms with Crippen molar-refractivity contribution in [2.45, 2.75) is 27.7 Å². The van der Waals surface area contributed by atoms with Crippen molar-refractivity contribution >= 4 is 39.0 Å². The number of ether oxygens (including phenoxy) is 2. The second kappa shape index (κ2) is 8.65. The maximum atomic E-state index is 13.0. The van der Waals surface area contributed by atoms with Gasteiger partial charge in [-0.15, -0.1) is 11.3 Å². The molecule has 0 aliphatic carbocycles. The number of benzene rings is 1. The number of carbonyl (C=O) groups is 1. The fraction of sp³-hybridized carbons (Fsp3) is 0.381. The van der Waals surface area contributed by atoms with Gasteiger partial charge < -0.3 is 19.7 Å². The number of aryl methyl sites for hydroxylation is 2. The fourth-order valence-electron chi connectivity index (χ4n) is 3.29. The lowest BCUT2D eigenvalue weighted by Crippen LogP contribution is -2.23. The van der Waals surface area contributed by atoms with Crippen molar-refractivity contribution in [3.05, 3.63) is 34.5 Å². The molecular formula is C21H26N4O3S. The number of nitrogens with one attached hydrogen (secondary N) is 1. The van der Waals surface area contributed by atoms with Gasteiger partial charge in [-0.3, -0.25) is 4.79 Å². The van der Waals surface area contributed by atoms with E-state index in [1.54, 1.807) is 32.4 Å². The molecule has 0 fully saturated rings. The van der Waals surface area contributed by atoms with Gasteiger partial charge in [0.1, 0.15) is 16.5 Å². The Morgan fingerprint density at radius 3 is 2.41 bits per heavy atom. The van der Waals surface area contributed by atoms with Gasteiger partial charge >= 0.3 is 0 Å². The van der Waals surface area contributed by atoms with Crippen LogP contribution in [0.25, 0.3) is 10.2 Å². The first kappa shape index (κ1) is 20.9. The van der Waals surface area contributed by atoms with E-state index < -0.39 is 0 Å². The predicted octanol–water partition coefficient (Wildman–Crippen LogP) is 4.42. The molecule has 0 atom stereocenters. The van der Waals surface area contributed by atoms with E-state index >= 15 is 0 Å². The molecule has 1 amide bonds. The molecule has 0 aliphatic heterocycles. The Morgan fingerprint density at radius 1 is 1.10 bits per heavy atom. The van der Waals surface area contributed by atoms with Crippen LogP contribution in [0.2, 0.25) is 0 Å². The summed E-state index contributed by atoms with van der Waals surface area (Å²) >= 11 is 1.39. The lowest BCUT2D eigenvalue weighted by atomic mass is 10.1. The Balaban J connectivity index is 2.01. The molecule has 3 rings (SSSR count).